The molecule has 0 radical (unpaired) electrons. The minimum atomic E-state index is -0.512. The standard InChI is InChI=1S/C19H24ClNO2/c1-13(21-17(22)23-18(2,3)4)6-7-14-8-9-16(20)15(12-14)19(5)10-11-19/h8-9,12-13H,10-11H2,1-5H3,(H,21,22). The van der Waals surface area contributed by atoms with E-state index in [1.165, 1.54) is 18.4 Å². The van der Waals surface area contributed by atoms with E-state index in [4.69, 9.17) is 16.3 Å². The van der Waals surface area contributed by atoms with Crippen LogP contribution in [0.5, 0.6) is 0 Å². The van der Waals surface area contributed by atoms with E-state index >= 15 is 0 Å². The summed E-state index contributed by atoms with van der Waals surface area (Å²) in [5.41, 5.74) is 1.77. The Hall–Kier alpha value is -1.66. The van der Waals surface area contributed by atoms with Gasteiger partial charge < -0.3 is 10.1 Å². The molecule has 2 rings (SSSR count). The minimum Gasteiger partial charge on any atom is -0.444 e. The fourth-order valence-electron chi connectivity index (χ4n) is 2.23. The van der Waals surface area contributed by atoms with Crippen LogP contribution in [0.4, 0.5) is 4.79 Å². The quantitative estimate of drug-likeness (QED) is 0.799. The smallest absolute Gasteiger partial charge is 0.408 e. The molecule has 0 saturated heterocycles. The Kier molecular flexibility index (Phi) is 4.96. The average molecular weight is 334 g/mol. The summed E-state index contributed by atoms with van der Waals surface area (Å²) in [6, 6.07) is 5.57. The lowest BCUT2D eigenvalue weighted by Gasteiger charge is -2.20. The Balaban J connectivity index is 2.03. The van der Waals surface area contributed by atoms with Crippen LogP contribution >= 0.6 is 11.6 Å². The molecule has 0 spiro atoms. The van der Waals surface area contributed by atoms with E-state index in [1.807, 2.05) is 39.8 Å². The van der Waals surface area contributed by atoms with E-state index in [1.54, 1.807) is 0 Å². The van der Waals surface area contributed by atoms with Gasteiger partial charge in [0.25, 0.3) is 0 Å². The summed E-state index contributed by atoms with van der Waals surface area (Å²) in [7, 11) is 0. The lowest BCUT2D eigenvalue weighted by molar-refractivity contribution is 0.0519. The zero-order valence-corrected chi connectivity index (χ0v) is 15.2. The molecule has 1 N–H and O–H groups in total. The number of alkyl carbamates (subject to hydrolysis) is 1. The van der Waals surface area contributed by atoms with E-state index in [-0.39, 0.29) is 11.5 Å². The van der Waals surface area contributed by atoms with Gasteiger partial charge >= 0.3 is 6.09 Å². The number of nitrogens with one attached hydrogen (secondary N) is 1. The number of hydrogen-bond acceptors (Lipinski definition) is 2. The Labute approximate surface area is 143 Å². The molecule has 1 atom stereocenters. The molecule has 3 nitrogen and oxygen atoms in total. The van der Waals surface area contributed by atoms with Crippen LogP contribution in [0, 0.1) is 11.8 Å². The molecule has 23 heavy (non-hydrogen) atoms. The Morgan fingerprint density at radius 2 is 2.04 bits per heavy atom. The number of carbonyl (C=O) groups excluding carboxylic acids is 1. The highest BCUT2D eigenvalue weighted by Gasteiger charge is 2.40. The fraction of sp³-hybridized carbons (Fsp3) is 0.526. The number of benzene rings is 1. The highest BCUT2D eigenvalue weighted by molar-refractivity contribution is 6.31. The zero-order chi connectivity index (χ0) is 17.3. The average Bonchev–Trinajstić information content (AvgIpc) is 3.14. The Bertz CT molecular complexity index is 660. The molecule has 0 bridgehead atoms. The predicted octanol–water partition coefficient (Wildman–Crippen LogP) is 4.66. The largest absolute Gasteiger partial charge is 0.444 e. The monoisotopic (exact) mass is 333 g/mol. The highest BCUT2D eigenvalue weighted by Crippen LogP contribution is 2.50. The molecule has 4 heteroatoms. The molecule has 1 unspecified atom stereocenters. The van der Waals surface area contributed by atoms with E-state index in [2.05, 4.69) is 30.1 Å². The SMILES string of the molecule is CC(C#Cc1ccc(Cl)c(C2(C)CC2)c1)NC(=O)OC(C)(C)C. The molecule has 1 aromatic carbocycles. The van der Waals surface area contributed by atoms with Crippen LogP contribution in [0.15, 0.2) is 18.2 Å². The van der Waals surface area contributed by atoms with E-state index in [9.17, 15) is 4.79 Å². The van der Waals surface area contributed by atoms with E-state index in [0.717, 1.165) is 10.6 Å². The van der Waals surface area contributed by atoms with Gasteiger partial charge in [-0.05, 0) is 69.7 Å². The molecule has 1 fully saturated rings. The van der Waals surface area contributed by atoms with Crippen molar-refractivity contribution in [2.75, 3.05) is 0 Å². The fourth-order valence-corrected chi connectivity index (χ4v) is 2.58. The summed E-state index contributed by atoms with van der Waals surface area (Å²) in [6.45, 7) is 9.54. The summed E-state index contributed by atoms with van der Waals surface area (Å²) < 4.78 is 5.21. The molecule has 1 aromatic rings. The third-order valence-corrected chi connectivity index (χ3v) is 4.11. The van der Waals surface area contributed by atoms with Crippen LogP contribution < -0.4 is 5.32 Å². The zero-order valence-electron chi connectivity index (χ0n) is 14.4. The highest BCUT2D eigenvalue weighted by atomic mass is 35.5. The van der Waals surface area contributed by atoms with Crippen molar-refractivity contribution in [3.05, 3.63) is 34.3 Å². The van der Waals surface area contributed by atoms with Gasteiger partial charge in [-0.25, -0.2) is 4.79 Å². The lowest BCUT2D eigenvalue weighted by atomic mass is 9.96. The second-order valence-corrected chi connectivity index (χ2v) is 7.80. The first-order valence-corrected chi connectivity index (χ1v) is 8.28. The molecule has 1 aliphatic carbocycles. The molecule has 1 aliphatic rings. The van der Waals surface area contributed by atoms with Gasteiger partial charge in [0.05, 0.1) is 6.04 Å². The van der Waals surface area contributed by atoms with Gasteiger partial charge in [0.15, 0.2) is 0 Å². The van der Waals surface area contributed by atoms with Crippen molar-refractivity contribution < 1.29 is 9.53 Å². The van der Waals surface area contributed by atoms with Crippen molar-refractivity contribution in [3.63, 3.8) is 0 Å². The van der Waals surface area contributed by atoms with E-state index in [0.29, 0.717) is 0 Å². The predicted molar refractivity (Wildman–Crippen MR) is 93.7 cm³/mol. The molecular weight excluding hydrogens is 310 g/mol. The summed E-state index contributed by atoms with van der Waals surface area (Å²) in [4.78, 5) is 11.7. The van der Waals surface area contributed by atoms with Crippen LogP contribution in [0.1, 0.15) is 58.6 Å². The number of halogens is 1. The molecule has 0 aromatic heterocycles. The van der Waals surface area contributed by atoms with Crippen molar-refractivity contribution in [2.24, 2.45) is 0 Å². The second kappa shape index (κ2) is 6.45. The third-order valence-electron chi connectivity index (χ3n) is 3.78. The number of hydrogen-bond donors (Lipinski definition) is 1. The van der Waals surface area contributed by atoms with Crippen molar-refractivity contribution in [1.29, 1.82) is 0 Å². The van der Waals surface area contributed by atoms with Crippen LogP contribution in [0.3, 0.4) is 0 Å². The van der Waals surface area contributed by atoms with Crippen LogP contribution in [0.2, 0.25) is 5.02 Å². The van der Waals surface area contributed by atoms with Crippen LogP contribution in [-0.2, 0) is 10.2 Å². The summed E-state index contributed by atoms with van der Waals surface area (Å²) in [5, 5.41) is 3.52. The maximum Gasteiger partial charge on any atom is 0.408 e. The number of carbonyl (C=O) groups is 1. The number of ether oxygens (including phenoxy) is 1. The van der Waals surface area contributed by atoms with Crippen LogP contribution in [-0.4, -0.2) is 17.7 Å². The summed E-state index contributed by atoms with van der Waals surface area (Å²) in [6.07, 6.45) is 1.88. The summed E-state index contributed by atoms with van der Waals surface area (Å²) >= 11 is 6.29. The van der Waals surface area contributed by atoms with Gasteiger partial charge in [-0.1, -0.05) is 30.4 Å². The molecule has 1 saturated carbocycles. The lowest BCUT2D eigenvalue weighted by Crippen LogP contribution is -2.37. The third kappa shape index (κ3) is 5.18. The van der Waals surface area contributed by atoms with Gasteiger partial charge in [-0.3, -0.25) is 0 Å². The minimum absolute atomic E-state index is 0.204. The van der Waals surface area contributed by atoms with Crippen LogP contribution in [0.25, 0.3) is 0 Å². The van der Waals surface area contributed by atoms with Gasteiger partial charge in [-0.15, -0.1) is 0 Å². The van der Waals surface area contributed by atoms with Gasteiger partial charge in [0, 0.05) is 10.6 Å². The van der Waals surface area contributed by atoms with Gasteiger partial charge in [0.2, 0.25) is 0 Å². The molecule has 0 aliphatic heterocycles. The first kappa shape index (κ1) is 17.7. The normalized spacial score (nSPS) is 16.8. The topological polar surface area (TPSA) is 38.3 Å². The van der Waals surface area contributed by atoms with Crippen molar-refractivity contribution in [3.8, 4) is 11.8 Å². The Morgan fingerprint density at radius 1 is 1.39 bits per heavy atom. The number of rotatable bonds is 2. The van der Waals surface area contributed by atoms with Crippen molar-refractivity contribution >= 4 is 17.7 Å². The molecule has 0 heterocycles. The molecule has 1 amide bonds. The first-order valence-electron chi connectivity index (χ1n) is 7.90. The first-order chi connectivity index (χ1) is 10.6. The van der Waals surface area contributed by atoms with E-state index < -0.39 is 11.7 Å². The van der Waals surface area contributed by atoms with Crippen molar-refractivity contribution in [1.82, 2.24) is 5.32 Å². The maximum atomic E-state index is 11.7. The van der Waals surface area contributed by atoms with Gasteiger partial charge in [-0.2, -0.15) is 0 Å². The molecule has 124 valence electrons. The maximum absolute atomic E-state index is 11.7. The Morgan fingerprint density at radius 3 is 2.61 bits per heavy atom. The molecular formula is C19H24ClNO2. The van der Waals surface area contributed by atoms with Crippen molar-refractivity contribution in [2.45, 2.75) is 64.5 Å². The number of amides is 1. The summed E-state index contributed by atoms with van der Waals surface area (Å²) in [5.74, 6) is 6.13. The second-order valence-electron chi connectivity index (χ2n) is 7.39. The van der Waals surface area contributed by atoms with Gasteiger partial charge in [0.1, 0.15) is 5.60 Å².